The van der Waals surface area contributed by atoms with Crippen molar-refractivity contribution in [1.82, 2.24) is 25.5 Å². The lowest BCUT2D eigenvalue weighted by Crippen LogP contribution is -2.50. The Labute approximate surface area is 164 Å². The molecule has 1 fully saturated rings. The van der Waals surface area contributed by atoms with Crippen LogP contribution in [0.3, 0.4) is 0 Å². The Hall–Kier alpha value is -2.71. The molecule has 2 aromatic rings. The van der Waals surface area contributed by atoms with Gasteiger partial charge in [-0.2, -0.15) is 5.10 Å². The Morgan fingerprint density at radius 2 is 2.04 bits per heavy atom. The standard InChI is InChI=1S/C20H26N6O2/c1-13(2)26-12-16-11-15(20(27)25-6-8-28-9-7-25)4-5-17(16)19(24-26)21-18-10-14(3)22-23-18/h4-5,10-11,13H,6-9,12H2,1-3H3,(H2,21,22,23,24). The molecule has 2 N–H and O–H groups in total. The molecule has 0 unspecified atom stereocenters. The van der Waals surface area contributed by atoms with Crippen molar-refractivity contribution >= 4 is 17.6 Å². The highest BCUT2D eigenvalue weighted by molar-refractivity contribution is 6.03. The van der Waals surface area contributed by atoms with Crippen LogP contribution in [-0.2, 0) is 11.3 Å². The number of fused-ring (bicyclic) bond motifs is 1. The molecule has 0 saturated carbocycles. The summed E-state index contributed by atoms with van der Waals surface area (Å²) in [6.07, 6.45) is 0. The highest BCUT2D eigenvalue weighted by atomic mass is 16.5. The molecule has 148 valence electrons. The summed E-state index contributed by atoms with van der Waals surface area (Å²) in [4.78, 5) is 19.4. The van der Waals surface area contributed by atoms with Gasteiger partial charge in [0, 0.05) is 48.6 Å². The quantitative estimate of drug-likeness (QED) is 0.848. The van der Waals surface area contributed by atoms with Gasteiger partial charge in [0.1, 0.15) is 0 Å². The van der Waals surface area contributed by atoms with Crippen LogP contribution < -0.4 is 5.43 Å². The molecule has 3 heterocycles. The number of ether oxygens (including phenoxy) is 1. The molecule has 28 heavy (non-hydrogen) atoms. The zero-order valence-corrected chi connectivity index (χ0v) is 16.5. The van der Waals surface area contributed by atoms with Crippen LogP contribution in [-0.4, -0.2) is 64.2 Å². The van der Waals surface area contributed by atoms with E-state index >= 15 is 0 Å². The van der Waals surface area contributed by atoms with Crippen molar-refractivity contribution < 1.29 is 9.53 Å². The third kappa shape index (κ3) is 3.79. The fourth-order valence-electron chi connectivity index (χ4n) is 3.43. The van der Waals surface area contributed by atoms with E-state index in [0.717, 1.165) is 22.7 Å². The summed E-state index contributed by atoms with van der Waals surface area (Å²) in [5, 5.41) is 9.25. The molecule has 2 aliphatic rings. The molecule has 1 saturated heterocycles. The van der Waals surface area contributed by atoms with E-state index in [1.54, 1.807) is 0 Å². The molecule has 8 heteroatoms. The van der Waals surface area contributed by atoms with Crippen LogP contribution in [0.5, 0.6) is 0 Å². The number of hydrazine groups is 1. The van der Waals surface area contributed by atoms with Crippen LogP contribution in [0.4, 0.5) is 5.82 Å². The SMILES string of the molecule is Cc1cc(N=C2NN(C(C)C)Cc3cc(C(=O)N4CCOCC4)ccc32)n[nH]1. The number of nitrogens with zero attached hydrogens (tertiary/aromatic N) is 4. The summed E-state index contributed by atoms with van der Waals surface area (Å²) in [6.45, 7) is 9.37. The number of H-pyrrole nitrogens is 1. The van der Waals surface area contributed by atoms with Gasteiger partial charge >= 0.3 is 0 Å². The number of nitrogens with one attached hydrogen (secondary N) is 2. The molecule has 8 nitrogen and oxygen atoms in total. The number of aromatic nitrogens is 2. The number of amides is 1. The van der Waals surface area contributed by atoms with Gasteiger partial charge in [0.15, 0.2) is 11.7 Å². The van der Waals surface area contributed by atoms with Crippen LogP contribution in [0.2, 0.25) is 0 Å². The van der Waals surface area contributed by atoms with E-state index in [0.29, 0.717) is 44.2 Å². The molecule has 0 radical (unpaired) electrons. The number of aromatic amines is 1. The van der Waals surface area contributed by atoms with Crippen molar-refractivity contribution in [1.29, 1.82) is 0 Å². The fourth-order valence-corrected chi connectivity index (χ4v) is 3.43. The van der Waals surface area contributed by atoms with Gasteiger partial charge in [-0.25, -0.2) is 10.0 Å². The molecule has 0 spiro atoms. The Bertz CT molecular complexity index is 898. The van der Waals surface area contributed by atoms with E-state index in [-0.39, 0.29) is 11.9 Å². The Morgan fingerprint density at radius 1 is 1.25 bits per heavy atom. The van der Waals surface area contributed by atoms with Gasteiger partial charge in [0.05, 0.1) is 13.2 Å². The summed E-state index contributed by atoms with van der Waals surface area (Å²) in [7, 11) is 0. The van der Waals surface area contributed by atoms with Crippen molar-refractivity contribution in [3.05, 3.63) is 46.6 Å². The smallest absolute Gasteiger partial charge is 0.254 e. The average molecular weight is 382 g/mol. The number of benzene rings is 1. The van der Waals surface area contributed by atoms with Gasteiger partial charge in [0.2, 0.25) is 0 Å². The minimum Gasteiger partial charge on any atom is -0.378 e. The molecular formula is C20H26N6O2. The van der Waals surface area contributed by atoms with Gasteiger partial charge in [-0.1, -0.05) is 6.07 Å². The van der Waals surface area contributed by atoms with Gasteiger partial charge in [0.25, 0.3) is 5.91 Å². The molecule has 0 aliphatic carbocycles. The predicted molar refractivity (Wildman–Crippen MR) is 107 cm³/mol. The number of rotatable bonds is 3. The molecule has 1 amide bonds. The maximum atomic E-state index is 12.9. The van der Waals surface area contributed by atoms with Crippen LogP contribution >= 0.6 is 0 Å². The third-order valence-electron chi connectivity index (χ3n) is 5.04. The van der Waals surface area contributed by atoms with Crippen LogP contribution in [0, 0.1) is 6.92 Å². The minimum atomic E-state index is 0.0575. The maximum Gasteiger partial charge on any atom is 0.254 e. The number of aliphatic imine (C=N–C) groups is 1. The second-order valence-electron chi connectivity index (χ2n) is 7.48. The van der Waals surface area contributed by atoms with Crippen molar-refractivity contribution in [2.45, 2.75) is 33.4 Å². The first-order valence-electron chi connectivity index (χ1n) is 9.65. The van der Waals surface area contributed by atoms with E-state index < -0.39 is 0 Å². The van der Waals surface area contributed by atoms with Gasteiger partial charge in [-0.3, -0.25) is 9.89 Å². The first kappa shape index (κ1) is 18.6. The Balaban J connectivity index is 1.68. The highest BCUT2D eigenvalue weighted by Gasteiger charge is 2.26. The number of carbonyl (C=O) groups is 1. The number of hydrogen-bond acceptors (Lipinski definition) is 5. The van der Waals surface area contributed by atoms with Crippen molar-refractivity contribution in [3.8, 4) is 0 Å². The third-order valence-corrected chi connectivity index (χ3v) is 5.04. The van der Waals surface area contributed by atoms with E-state index in [1.165, 1.54) is 0 Å². The van der Waals surface area contributed by atoms with Crippen LogP contribution in [0.15, 0.2) is 29.3 Å². The van der Waals surface area contributed by atoms with Gasteiger partial charge < -0.3 is 15.1 Å². The number of amidine groups is 1. The Morgan fingerprint density at radius 3 is 2.71 bits per heavy atom. The number of aryl methyl sites for hydroxylation is 1. The summed E-state index contributed by atoms with van der Waals surface area (Å²) >= 11 is 0. The molecule has 0 bridgehead atoms. The van der Waals surface area contributed by atoms with Crippen LogP contribution in [0.25, 0.3) is 0 Å². The lowest BCUT2D eigenvalue weighted by atomic mass is 10.00. The average Bonchev–Trinajstić information content (AvgIpc) is 3.12. The predicted octanol–water partition coefficient (Wildman–Crippen LogP) is 2.00. The van der Waals surface area contributed by atoms with E-state index in [4.69, 9.17) is 4.74 Å². The van der Waals surface area contributed by atoms with Gasteiger partial charge in [-0.15, -0.1) is 0 Å². The number of hydrogen-bond donors (Lipinski definition) is 2. The first-order valence-corrected chi connectivity index (χ1v) is 9.65. The summed E-state index contributed by atoms with van der Waals surface area (Å²) in [6, 6.07) is 8.03. The molecule has 1 aromatic carbocycles. The summed E-state index contributed by atoms with van der Waals surface area (Å²) in [5.74, 6) is 1.43. The van der Waals surface area contributed by atoms with E-state index in [2.05, 4.69) is 39.5 Å². The lowest BCUT2D eigenvalue weighted by Gasteiger charge is -2.34. The fraction of sp³-hybridized carbons (Fsp3) is 0.450. The van der Waals surface area contributed by atoms with E-state index in [9.17, 15) is 4.79 Å². The highest BCUT2D eigenvalue weighted by Crippen LogP contribution is 2.23. The summed E-state index contributed by atoms with van der Waals surface area (Å²) < 4.78 is 5.36. The topological polar surface area (TPSA) is 85.8 Å². The van der Waals surface area contributed by atoms with E-state index in [1.807, 2.05) is 36.1 Å². The van der Waals surface area contributed by atoms with Crippen molar-refractivity contribution in [2.24, 2.45) is 4.99 Å². The minimum absolute atomic E-state index is 0.0575. The monoisotopic (exact) mass is 382 g/mol. The first-order chi connectivity index (χ1) is 13.5. The van der Waals surface area contributed by atoms with Gasteiger partial charge in [-0.05, 0) is 38.5 Å². The maximum absolute atomic E-state index is 12.9. The van der Waals surface area contributed by atoms with Crippen LogP contribution in [0.1, 0.15) is 41.0 Å². The molecule has 1 aromatic heterocycles. The lowest BCUT2D eigenvalue weighted by molar-refractivity contribution is 0.0302. The second kappa shape index (κ2) is 7.73. The number of carbonyl (C=O) groups excluding carboxylic acids is 1. The normalized spacial score (nSPS) is 19.0. The van der Waals surface area contributed by atoms with Crippen molar-refractivity contribution in [3.63, 3.8) is 0 Å². The Kier molecular flexibility index (Phi) is 5.15. The summed E-state index contributed by atoms with van der Waals surface area (Å²) in [5.41, 5.74) is 7.14. The number of morpholine rings is 1. The molecular weight excluding hydrogens is 356 g/mol. The zero-order chi connectivity index (χ0) is 19.7. The second-order valence-corrected chi connectivity index (χ2v) is 7.48. The van der Waals surface area contributed by atoms with Crippen molar-refractivity contribution in [2.75, 3.05) is 26.3 Å². The molecule has 2 aliphatic heterocycles. The zero-order valence-electron chi connectivity index (χ0n) is 16.5. The molecule has 4 rings (SSSR count). The molecule has 0 atom stereocenters. The largest absolute Gasteiger partial charge is 0.378 e.